The van der Waals surface area contributed by atoms with Gasteiger partial charge < -0.3 is 14.2 Å². The molecule has 2 amide bonds. The summed E-state index contributed by atoms with van der Waals surface area (Å²) >= 11 is 2.38. The zero-order chi connectivity index (χ0) is 21.7. The summed E-state index contributed by atoms with van der Waals surface area (Å²) < 4.78 is 16.9. The molecular weight excluding hydrogens is 426 g/mol. The minimum absolute atomic E-state index is 0.263. The smallest absolute Gasteiger partial charge is 0.325 e. The number of rotatable bonds is 8. The zero-order valence-electron chi connectivity index (χ0n) is 16.8. The van der Waals surface area contributed by atoms with Crippen molar-refractivity contribution in [1.29, 1.82) is 0 Å². The van der Waals surface area contributed by atoms with E-state index >= 15 is 0 Å². The quantitative estimate of drug-likeness (QED) is 0.436. The number of fused-ring (bicyclic) bond motifs is 1. The Kier molecular flexibility index (Phi) is 7.17. The summed E-state index contributed by atoms with van der Waals surface area (Å²) in [5, 5.41) is 0.545. The van der Waals surface area contributed by atoms with Gasteiger partial charge in [0.15, 0.2) is 11.5 Å². The van der Waals surface area contributed by atoms with Crippen LogP contribution in [0.4, 0.5) is 4.79 Å². The number of nitrogens with zero attached hydrogens (tertiary/aromatic N) is 1. The minimum Gasteiger partial charge on any atom is -0.490 e. The van der Waals surface area contributed by atoms with Crippen molar-refractivity contribution in [3.63, 3.8) is 0 Å². The van der Waals surface area contributed by atoms with Crippen LogP contribution in [0.15, 0.2) is 35.3 Å². The summed E-state index contributed by atoms with van der Waals surface area (Å²) in [6.45, 7) is 4.56. The highest BCUT2D eigenvalue weighted by molar-refractivity contribution is 8.18. The number of thiophene rings is 1. The molecule has 0 radical (unpaired) electrons. The normalized spacial score (nSPS) is 15.6. The van der Waals surface area contributed by atoms with Gasteiger partial charge in [-0.15, -0.1) is 11.3 Å². The van der Waals surface area contributed by atoms with Gasteiger partial charge in [0.25, 0.3) is 11.1 Å². The summed E-state index contributed by atoms with van der Waals surface area (Å²) in [5.74, 6) is 0.277. The summed E-state index contributed by atoms with van der Waals surface area (Å²) in [6.07, 6.45) is 5.15. The Hall–Kier alpha value is -2.78. The Bertz CT molecular complexity index is 997. The lowest BCUT2D eigenvalue weighted by atomic mass is 10.2. The van der Waals surface area contributed by atoms with Crippen molar-refractivity contribution in [2.24, 2.45) is 0 Å². The third-order valence-corrected chi connectivity index (χ3v) is 6.09. The van der Waals surface area contributed by atoms with Gasteiger partial charge in [0.1, 0.15) is 6.54 Å². The van der Waals surface area contributed by atoms with Crippen molar-refractivity contribution < 1.29 is 28.6 Å². The number of methoxy groups -OCH3 is 1. The highest BCUT2D eigenvalue weighted by atomic mass is 32.2. The predicted molar refractivity (Wildman–Crippen MR) is 118 cm³/mol. The molecule has 1 aromatic heterocycles. The number of benzene rings is 1. The molecule has 0 saturated carbocycles. The molecule has 158 valence electrons. The molecule has 1 aliphatic heterocycles. The maximum atomic E-state index is 12.3. The Morgan fingerprint density at radius 3 is 2.47 bits per heavy atom. The van der Waals surface area contributed by atoms with Gasteiger partial charge in [-0.25, -0.2) is 0 Å². The van der Waals surface area contributed by atoms with E-state index in [4.69, 9.17) is 9.47 Å². The molecule has 0 N–H and O–H groups in total. The molecule has 0 bridgehead atoms. The van der Waals surface area contributed by atoms with E-state index in [-0.39, 0.29) is 11.4 Å². The number of hydrogen-bond donors (Lipinski definition) is 0. The maximum Gasteiger partial charge on any atom is 0.325 e. The molecule has 0 atom stereocenters. The van der Waals surface area contributed by atoms with E-state index in [9.17, 15) is 14.4 Å². The number of imide groups is 1. The van der Waals surface area contributed by atoms with Gasteiger partial charge in [0, 0.05) is 15.6 Å². The van der Waals surface area contributed by atoms with Crippen LogP contribution < -0.4 is 9.47 Å². The Balaban J connectivity index is 1.78. The number of hydrogen-bond acceptors (Lipinski definition) is 8. The average Bonchev–Trinajstić information content (AvgIpc) is 3.23. The van der Waals surface area contributed by atoms with Crippen LogP contribution in [0.1, 0.15) is 18.7 Å². The molecule has 3 rings (SSSR count). The van der Waals surface area contributed by atoms with Crippen LogP contribution >= 0.6 is 23.1 Å². The molecule has 1 aromatic carbocycles. The van der Waals surface area contributed by atoms with Gasteiger partial charge in [-0.2, -0.15) is 0 Å². The first-order chi connectivity index (χ1) is 14.5. The number of allylic oxidation sites excluding steroid dienone is 2. The molecule has 1 aliphatic rings. The van der Waals surface area contributed by atoms with Crippen molar-refractivity contribution in [2.45, 2.75) is 13.8 Å². The molecule has 1 fully saturated rings. The van der Waals surface area contributed by atoms with Crippen LogP contribution in [0.2, 0.25) is 0 Å². The van der Waals surface area contributed by atoms with Crippen LogP contribution in [0, 0.1) is 0 Å². The van der Waals surface area contributed by atoms with Gasteiger partial charge >= 0.3 is 5.97 Å². The van der Waals surface area contributed by atoms with E-state index in [1.165, 1.54) is 7.11 Å². The summed E-state index contributed by atoms with van der Waals surface area (Å²) in [4.78, 5) is 37.7. The van der Waals surface area contributed by atoms with Crippen LogP contribution in [0.3, 0.4) is 0 Å². The SMILES string of the molecule is CCOc1cc2cc(C=CC=C3SC(=O)N(CC(=O)OC)C3=O)sc2cc1OCC. The van der Waals surface area contributed by atoms with E-state index in [1.54, 1.807) is 23.5 Å². The molecule has 2 heterocycles. The highest BCUT2D eigenvalue weighted by Gasteiger charge is 2.36. The molecule has 9 heteroatoms. The van der Waals surface area contributed by atoms with Gasteiger partial charge in [-0.05, 0) is 55.3 Å². The van der Waals surface area contributed by atoms with Crippen LogP contribution in [-0.4, -0.2) is 48.9 Å². The fourth-order valence-electron chi connectivity index (χ4n) is 2.76. The van der Waals surface area contributed by atoms with Crippen LogP contribution in [0.25, 0.3) is 16.2 Å². The number of esters is 1. The van der Waals surface area contributed by atoms with Crippen molar-refractivity contribution in [2.75, 3.05) is 26.9 Å². The van der Waals surface area contributed by atoms with E-state index in [0.29, 0.717) is 24.7 Å². The van der Waals surface area contributed by atoms with E-state index < -0.39 is 17.1 Å². The molecule has 30 heavy (non-hydrogen) atoms. The molecule has 7 nitrogen and oxygen atoms in total. The first-order valence-electron chi connectivity index (χ1n) is 9.28. The van der Waals surface area contributed by atoms with E-state index in [1.807, 2.05) is 38.1 Å². The first-order valence-corrected chi connectivity index (χ1v) is 10.9. The zero-order valence-corrected chi connectivity index (χ0v) is 18.4. The molecule has 2 aromatic rings. The molecule has 0 aliphatic carbocycles. The molecule has 0 spiro atoms. The fraction of sp³-hybridized carbons (Fsp3) is 0.286. The Morgan fingerprint density at radius 2 is 1.80 bits per heavy atom. The fourth-order valence-corrected chi connectivity index (χ4v) is 4.54. The van der Waals surface area contributed by atoms with Crippen molar-refractivity contribution in [3.05, 3.63) is 40.1 Å². The van der Waals surface area contributed by atoms with Crippen molar-refractivity contribution in [1.82, 2.24) is 4.90 Å². The second-order valence-corrected chi connectivity index (χ2v) is 8.19. The van der Waals surface area contributed by atoms with Crippen molar-refractivity contribution >= 4 is 56.4 Å². The number of thioether (sulfide) groups is 1. The number of ether oxygens (including phenoxy) is 3. The second kappa shape index (κ2) is 9.82. The van der Waals surface area contributed by atoms with E-state index in [2.05, 4.69) is 4.74 Å². The number of carbonyl (C=O) groups excluding carboxylic acids is 3. The predicted octanol–water partition coefficient (Wildman–Crippen LogP) is 4.46. The standard InChI is InChI=1S/C21H21NO6S2/c1-4-27-15-10-13-9-14(29-18(13)11-16(15)28-5-2)7-6-8-17-20(24)22(21(25)30-17)12-19(23)26-3/h6-11H,4-5,12H2,1-3H3. The Labute approximate surface area is 182 Å². The Morgan fingerprint density at radius 1 is 1.10 bits per heavy atom. The van der Waals surface area contributed by atoms with Gasteiger partial charge in [0.2, 0.25) is 0 Å². The minimum atomic E-state index is -0.641. The maximum absolute atomic E-state index is 12.3. The highest BCUT2D eigenvalue weighted by Crippen LogP contribution is 2.37. The number of carbonyl (C=O) groups is 3. The average molecular weight is 448 g/mol. The molecule has 0 unspecified atom stereocenters. The third-order valence-electron chi connectivity index (χ3n) is 4.10. The first kappa shape index (κ1) is 21.9. The third kappa shape index (κ3) is 4.85. The second-order valence-electron chi connectivity index (χ2n) is 6.08. The number of amides is 2. The van der Waals surface area contributed by atoms with Gasteiger partial charge in [-0.3, -0.25) is 19.3 Å². The molecular formula is C21H21NO6S2. The van der Waals surface area contributed by atoms with E-state index in [0.717, 1.165) is 31.6 Å². The summed E-state index contributed by atoms with van der Waals surface area (Å²) in [5.41, 5.74) is 0. The topological polar surface area (TPSA) is 82.1 Å². The lowest BCUT2D eigenvalue weighted by Gasteiger charge is -2.10. The largest absolute Gasteiger partial charge is 0.490 e. The van der Waals surface area contributed by atoms with Crippen LogP contribution in [0.5, 0.6) is 11.5 Å². The summed E-state index contributed by atoms with van der Waals surface area (Å²) in [6, 6.07) is 5.94. The molecule has 1 saturated heterocycles. The van der Waals surface area contributed by atoms with Gasteiger partial charge in [0.05, 0.1) is 25.2 Å². The summed E-state index contributed by atoms with van der Waals surface area (Å²) in [7, 11) is 1.21. The van der Waals surface area contributed by atoms with Gasteiger partial charge in [-0.1, -0.05) is 6.08 Å². The monoisotopic (exact) mass is 447 g/mol. The van der Waals surface area contributed by atoms with Crippen molar-refractivity contribution in [3.8, 4) is 11.5 Å². The van der Waals surface area contributed by atoms with Crippen LogP contribution in [-0.2, 0) is 14.3 Å². The lowest BCUT2D eigenvalue weighted by Crippen LogP contribution is -2.34. The lowest BCUT2D eigenvalue weighted by molar-refractivity contribution is -0.143.